The van der Waals surface area contributed by atoms with Crippen molar-refractivity contribution in [1.29, 1.82) is 0 Å². The largest absolute Gasteiger partial charge is 0.489 e. The van der Waals surface area contributed by atoms with Crippen LogP contribution in [0.3, 0.4) is 0 Å². The molecule has 122 valence electrons. The number of benzene rings is 2. The molecule has 0 radical (unpaired) electrons. The maximum atomic E-state index is 5.96. The minimum absolute atomic E-state index is 0.465. The van der Waals surface area contributed by atoms with Crippen LogP contribution in [0.1, 0.15) is 49.7 Å². The summed E-state index contributed by atoms with van der Waals surface area (Å²) >= 11 is 0. The van der Waals surface area contributed by atoms with Crippen LogP contribution in [-0.2, 0) is 6.61 Å². The Balaban J connectivity index is 1.59. The van der Waals surface area contributed by atoms with Crippen LogP contribution < -0.4 is 16.2 Å². The molecule has 1 aliphatic carbocycles. The van der Waals surface area contributed by atoms with E-state index in [1.165, 1.54) is 31.2 Å². The molecule has 23 heavy (non-hydrogen) atoms. The molecule has 0 aliphatic heterocycles. The number of nitrogens with two attached hydrogens (primary N) is 2. The molecule has 1 fully saturated rings. The summed E-state index contributed by atoms with van der Waals surface area (Å²) in [5.41, 5.74) is 15.4. The smallest absolute Gasteiger partial charge is 0.119 e. The Morgan fingerprint density at radius 3 is 2.30 bits per heavy atom. The van der Waals surface area contributed by atoms with Gasteiger partial charge in [-0.05, 0) is 54.5 Å². The monoisotopic (exact) mass is 310 g/mol. The van der Waals surface area contributed by atoms with Crippen molar-refractivity contribution in [1.82, 2.24) is 0 Å². The molecule has 3 rings (SSSR count). The zero-order valence-electron chi connectivity index (χ0n) is 13.8. The first-order valence-electron chi connectivity index (χ1n) is 8.48. The van der Waals surface area contributed by atoms with E-state index in [1.54, 1.807) is 6.07 Å². The van der Waals surface area contributed by atoms with Crippen molar-refractivity contribution in [3.05, 3.63) is 53.6 Å². The van der Waals surface area contributed by atoms with Gasteiger partial charge in [0.1, 0.15) is 12.4 Å². The molecule has 0 saturated heterocycles. The van der Waals surface area contributed by atoms with Crippen molar-refractivity contribution in [2.24, 2.45) is 5.92 Å². The van der Waals surface area contributed by atoms with Gasteiger partial charge in [0.25, 0.3) is 0 Å². The molecule has 0 atom stereocenters. The first kappa shape index (κ1) is 15.7. The highest BCUT2D eigenvalue weighted by atomic mass is 16.5. The molecule has 1 aliphatic rings. The van der Waals surface area contributed by atoms with Gasteiger partial charge in [-0.1, -0.05) is 38.0 Å². The Hall–Kier alpha value is -2.16. The summed E-state index contributed by atoms with van der Waals surface area (Å²) in [5.74, 6) is 2.49. The van der Waals surface area contributed by atoms with Crippen molar-refractivity contribution >= 4 is 11.4 Å². The first-order chi connectivity index (χ1) is 11.1. The van der Waals surface area contributed by atoms with Crippen LogP contribution in [0.2, 0.25) is 0 Å². The third-order valence-electron chi connectivity index (χ3n) is 4.93. The van der Waals surface area contributed by atoms with Gasteiger partial charge < -0.3 is 16.2 Å². The van der Waals surface area contributed by atoms with E-state index in [2.05, 4.69) is 31.2 Å². The zero-order chi connectivity index (χ0) is 16.2. The summed E-state index contributed by atoms with van der Waals surface area (Å²) in [6, 6.07) is 14.1. The highest BCUT2D eigenvalue weighted by Crippen LogP contribution is 2.36. The quantitative estimate of drug-likeness (QED) is 0.803. The predicted octanol–water partition coefficient (Wildman–Crippen LogP) is 4.72. The molecular formula is C20H26N2O. The molecule has 0 amide bonds. The SMILES string of the molecule is CC1CCC(c2ccc(OCc3ccc(N)cc3N)cc2)CC1. The van der Waals surface area contributed by atoms with Crippen molar-refractivity contribution in [2.45, 2.75) is 45.1 Å². The Bertz CT molecular complexity index is 643. The minimum atomic E-state index is 0.465. The predicted molar refractivity (Wildman–Crippen MR) is 96.4 cm³/mol. The lowest BCUT2D eigenvalue weighted by Gasteiger charge is -2.26. The second-order valence-corrected chi connectivity index (χ2v) is 6.77. The Kier molecular flexibility index (Phi) is 4.75. The lowest BCUT2D eigenvalue weighted by atomic mass is 9.79. The number of hydrogen-bond donors (Lipinski definition) is 2. The molecule has 1 saturated carbocycles. The van der Waals surface area contributed by atoms with E-state index in [4.69, 9.17) is 16.2 Å². The van der Waals surface area contributed by atoms with Crippen molar-refractivity contribution in [3.63, 3.8) is 0 Å². The average molecular weight is 310 g/mol. The molecule has 3 nitrogen and oxygen atoms in total. The summed E-state index contributed by atoms with van der Waals surface area (Å²) in [7, 11) is 0. The van der Waals surface area contributed by atoms with Crippen LogP contribution >= 0.6 is 0 Å². The second-order valence-electron chi connectivity index (χ2n) is 6.77. The van der Waals surface area contributed by atoms with Gasteiger partial charge in [-0.3, -0.25) is 0 Å². The Morgan fingerprint density at radius 2 is 1.65 bits per heavy atom. The first-order valence-corrected chi connectivity index (χ1v) is 8.48. The van der Waals surface area contributed by atoms with E-state index in [0.717, 1.165) is 17.2 Å². The van der Waals surface area contributed by atoms with Gasteiger partial charge >= 0.3 is 0 Å². The third-order valence-corrected chi connectivity index (χ3v) is 4.93. The van der Waals surface area contributed by atoms with Crippen molar-refractivity contribution < 1.29 is 4.74 Å². The van der Waals surface area contributed by atoms with Gasteiger partial charge in [0, 0.05) is 16.9 Å². The average Bonchev–Trinajstić information content (AvgIpc) is 2.55. The molecule has 0 aromatic heterocycles. The normalized spacial score (nSPS) is 21.1. The van der Waals surface area contributed by atoms with Gasteiger partial charge in [-0.25, -0.2) is 0 Å². The summed E-state index contributed by atoms with van der Waals surface area (Å²) in [6.07, 6.45) is 5.31. The van der Waals surface area contributed by atoms with E-state index in [-0.39, 0.29) is 0 Å². The van der Waals surface area contributed by atoms with Crippen LogP contribution in [0.5, 0.6) is 5.75 Å². The standard InChI is InChI=1S/C20H26N2O/c1-14-2-4-15(5-3-14)16-7-10-19(11-8-16)23-13-17-6-9-18(21)12-20(17)22/h6-12,14-15H,2-5,13,21-22H2,1H3. The van der Waals surface area contributed by atoms with E-state index < -0.39 is 0 Å². The van der Waals surface area contributed by atoms with Gasteiger partial charge in [0.05, 0.1) is 0 Å². The van der Waals surface area contributed by atoms with Gasteiger partial charge in [-0.2, -0.15) is 0 Å². The van der Waals surface area contributed by atoms with Crippen molar-refractivity contribution in [3.8, 4) is 5.75 Å². The molecule has 2 aromatic rings. The van der Waals surface area contributed by atoms with Crippen molar-refractivity contribution in [2.75, 3.05) is 11.5 Å². The Morgan fingerprint density at radius 1 is 0.957 bits per heavy atom. The van der Waals surface area contributed by atoms with Gasteiger partial charge in [0.15, 0.2) is 0 Å². The van der Waals surface area contributed by atoms with E-state index in [1.807, 2.05) is 12.1 Å². The molecule has 4 N–H and O–H groups in total. The lowest BCUT2D eigenvalue weighted by molar-refractivity contribution is 0.306. The number of ether oxygens (including phenoxy) is 1. The summed E-state index contributed by atoms with van der Waals surface area (Å²) in [4.78, 5) is 0. The Labute approximate surface area is 138 Å². The van der Waals surface area contributed by atoms with E-state index in [9.17, 15) is 0 Å². The molecule has 0 bridgehead atoms. The molecular weight excluding hydrogens is 284 g/mol. The fourth-order valence-electron chi connectivity index (χ4n) is 3.34. The lowest BCUT2D eigenvalue weighted by Crippen LogP contribution is -2.10. The maximum absolute atomic E-state index is 5.96. The number of anilines is 2. The van der Waals surface area contributed by atoms with E-state index in [0.29, 0.717) is 23.9 Å². The fraction of sp³-hybridized carbons (Fsp3) is 0.400. The van der Waals surface area contributed by atoms with Gasteiger partial charge in [-0.15, -0.1) is 0 Å². The molecule has 3 heteroatoms. The molecule has 0 heterocycles. The van der Waals surface area contributed by atoms with Crippen LogP contribution in [0, 0.1) is 5.92 Å². The number of nitrogen functional groups attached to an aromatic ring is 2. The second kappa shape index (κ2) is 6.95. The summed E-state index contributed by atoms with van der Waals surface area (Å²) < 4.78 is 5.85. The number of rotatable bonds is 4. The highest BCUT2D eigenvalue weighted by Gasteiger charge is 2.19. The highest BCUT2D eigenvalue weighted by molar-refractivity contribution is 5.56. The van der Waals surface area contributed by atoms with Crippen LogP contribution in [-0.4, -0.2) is 0 Å². The summed E-state index contributed by atoms with van der Waals surface area (Å²) in [6.45, 7) is 2.82. The fourth-order valence-corrected chi connectivity index (χ4v) is 3.34. The van der Waals surface area contributed by atoms with E-state index >= 15 is 0 Å². The molecule has 2 aromatic carbocycles. The minimum Gasteiger partial charge on any atom is -0.489 e. The topological polar surface area (TPSA) is 61.3 Å². The summed E-state index contributed by atoms with van der Waals surface area (Å²) in [5, 5.41) is 0. The molecule has 0 spiro atoms. The van der Waals surface area contributed by atoms with Crippen LogP contribution in [0.4, 0.5) is 11.4 Å². The third kappa shape index (κ3) is 3.98. The van der Waals surface area contributed by atoms with Crippen LogP contribution in [0.25, 0.3) is 0 Å². The zero-order valence-corrected chi connectivity index (χ0v) is 13.8. The van der Waals surface area contributed by atoms with Gasteiger partial charge in [0.2, 0.25) is 0 Å². The number of hydrogen-bond acceptors (Lipinski definition) is 3. The van der Waals surface area contributed by atoms with Crippen LogP contribution in [0.15, 0.2) is 42.5 Å². The molecule has 0 unspecified atom stereocenters. The maximum Gasteiger partial charge on any atom is 0.119 e.